The van der Waals surface area contributed by atoms with E-state index in [4.69, 9.17) is 18.5 Å². The number of allylic oxidation sites excluding steroid dienone is 18. The maximum absolute atomic E-state index is 12.8. The lowest BCUT2D eigenvalue weighted by atomic mass is 10.0. The second-order valence-electron chi connectivity index (χ2n) is 21.7. The highest BCUT2D eigenvalue weighted by atomic mass is 31.2. The monoisotopic (exact) mass is 1090 g/mol. The Balaban J connectivity index is 4.21. The quantitative estimate of drug-likeness (QED) is 0.0195. The summed E-state index contributed by atoms with van der Waals surface area (Å²) < 4.78 is 34.2. The minimum atomic E-state index is -4.65. The van der Waals surface area contributed by atoms with Gasteiger partial charge in [0.25, 0.3) is 7.82 Å². The van der Waals surface area contributed by atoms with Gasteiger partial charge in [-0.25, -0.2) is 0 Å². The van der Waals surface area contributed by atoms with E-state index in [0.717, 1.165) is 109 Å². The lowest BCUT2D eigenvalue weighted by Crippen LogP contribution is -2.37. The largest absolute Gasteiger partial charge is 0.756 e. The van der Waals surface area contributed by atoms with Crippen molar-refractivity contribution in [3.63, 3.8) is 0 Å². The van der Waals surface area contributed by atoms with E-state index in [9.17, 15) is 19.0 Å². The van der Waals surface area contributed by atoms with Crippen LogP contribution in [0.3, 0.4) is 0 Å². The normalized spacial score (nSPS) is 14.0. The Morgan fingerprint density at radius 1 is 0.416 bits per heavy atom. The molecule has 0 aliphatic rings. The molecule has 0 aliphatic carbocycles. The van der Waals surface area contributed by atoms with Gasteiger partial charge in [-0.3, -0.25) is 14.2 Å². The van der Waals surface area contributed by atoms with E-state index < -0.39 is 26.5 Å². The van der Waals surface area contributed by atoms with Crippen molar-refractivity contribution in [2.24, 2.45) is 0 Å². The van der Waals surface area contributed by atoms with Crippen molar-refractivity contribution >= 4 is 19.8 Å². The van der Waals surface area contributed by atoms with Crippen LogP contribution in [0, 0.1) is 0 Å². The Kier molecular flexibility index (Phi) is 54.9. The summed E-state index contributed by atoms with van der Waals surface area (Å²) in [6.45, 7) is 4.12. The summed E-state index contributed by atoms with van der Waals surface area (Å²) in [6, 6.07) is 0. The van der Waals surface area contributed by atoms with Crippen LogP contribution in [-0.4, -0.2) is 70.0 Å². The number of phosphoric ester groups is 1. The van der Waals surface area contributed by atoms with Crippen molar-refractivity contribution in [1.29, 1.82) is 0 Å². The van der Waals surface area contributed by atoms with E-state index >= 15 is 0 Å². The fourth-order valence-corrected chi connectivity index (χ4v) is 9.02. The summed E-state index contributed by atoms with van der Waals surface area (Å²) in [5.74, 6) is -0.854. The summed E-state index contributed by atoms with van der Waals surface area (Å²) in [5, 5.41) is 0. The molecule has 0 aliphatic heterocycles. The molecule has 0 spiro atoms. The summed E-state index contributed by atoms with van der Waals surface area (Å²) in [6.07, 6.45) is 80.0. The number of likely N-dealkylation sites (N-methyl/N-ethyl adjacent to an activating group) is 1. The first-order valence-corrected chi connectivity index (χ1v) is 32.6. The SMILES string of the molecule is CC/C=C\C/C=C\C/C=C\C/C=C\C/C=C\C/C=C\C/C=C\C/C=C\C/C=C\CCCCCCCC(=O)OC(COC(=O)CCCCCCCCCCCCCCCCCCCCCC)COP(=O)([O-])OCC[N+](C)(C)C. The van der Waals surface area contributed by atoms with Gasteiger partial charge in [0, 0.05) is 12.8 Å². The first-order chi connectivity index (χ1) is 37.5. The number of esters is 2. The number of quaternary nitrogens is 1. The van der Waals surface area contributed by atoms with Gasteiger partial charge in [0.15, 0.2) is 6.10 Å². The molecule has 0 N–H and O–H groups in total. The molecule has 0 fully saturated rings. The summed E-state index contributed by atoms with van der Waals surface area (Å²) in [7, 11) is 1.14. The molecule has 0 heterocycles. The van der Waals surface area contributed by atoms with E-state index in [2.05, 4.69) is 123 Å². The van der Waals surface area contributed by atoms with Crippen molar-refractivity contribution in [3.8, 4) is 0 Å². The third kappa shape index (κ3) is 61.7. The number of unbranched alkanes of at least 4 members (excludes halogenated alkanes) is 24. The molecule has 2 unspecified atom stereocenters. The van der Waals surface area contributed by atoms with Crippen LogP contribution in [0.4, 0.5) is 0 Å². The molecule has 0 saturated carbocycles. The zero-order valence-electron chi connectivity index (χ0n) is 50.1. The molecule has 0 radical (unpaired) electrons. The van der Waals surface area contributed by atoms with E-state index in [1.807, 2.05) is 21.1 Å². The van der Waals surface area contributed by atoms with Crippen LogP contribution in [0.5, 0.6) is 0 Å². The van der Waals surface area contributed by atoms with Crippen LogP contribution >= 0.6 is 7.82 Å². The number of rotatable bonds is 56. The molecule has 0 rings (SSSR count). The molecule has 2 atom stereocenters. The fourth-order valence-electron chi connectivity index (χ4n) is 8.30. The molecule has 442 valence electrons. The average Bonchev–Trinajstić information content (AvgIpc) is 3.39. The van der Waals surface area contributed by atoms with Crippen LogP contribution in [0.2, 0.25) is 0 Å². The third-order valence-electron chi connectivity index (χ3n) is 13.1. The zero-order valence-corrected chi connectivity index (χ0v) is 51.0. The first-order valence-electron chi connectivity index (χ1n) is 31.1. The topological polar surface area (TPSA) is 111 Å². The minimum Gasteiger partial charge on any atom is -0.756 e. The van der Waals surface area contributed by atoms with Crippen molar-refractivity contribution < 1.29 is 42.1 Å². The fraction of sp³-hybridized carbons (Fsp3) is 0.701. The highest BCUT2D eigenvalue weighted by Crippen LogP contribution is 2.38. The van der Waals surface area contributed by atoms with Crippen LogP contribution in [0.15, 0.2) is 109 Å². The second kappa shape index (κ2) is 57.4. The number of nitrogens with zero attached hydrogens (tertiary/aromatic N) is 1. The maximum atomic E-state index is 12.8. The molecular formula is C67H116NO8P. The standard InChI is InChI=1S/C67H116NO8P/c1-6-8-10-12-14-16-18-20-22-24-26-28-29-30-31-32-33-34-35-36-37-38-39-40-42-44-46-48-50-52-54-56-58-60-67(70)76-65(64-75-77(71,72)74-62-61-68(3,4)5)63-73-66(69)59-57-55-53-51-49-47-45-43-41-27-25-23-21-19-17-15-13-11-9-7-2/h8,10,14,16,20,22,26,28,30-31,33-34,36-37,39-40,44,46,65H,6-7,9,11-13,15,17-19,21,23-25,27,29,32,35,38,41-43,45,47-64H2,1-5H3/b10-8-,16-14-,22-20-,28-26-,31-30-,34-33-,37-36-,40-39-,46-44-. The van der Waals surface area contributed by atoms with Crippen LogP contribution in [0.1, 0.15) is 251 Å². The molecule has 9 nitrogen and oxygen atoms in total. The molecule has 10 heteroatoms. The van der Waals surface area contributed by atoms with E-state index in [0.29, 0.717) is 17.4 Å². The van der Waals surface area contributed by atoms with Gasteiger partial charge in [-0.1, -0.05) is 264 Å². The number of carbonyl (C=O) groups is 2. The van der Waals surface area contributed by atoms with Gasteiger partial charge in [-0.15, -0.1) is 0 Å². The lowest BCUT2D eigenvalue weighted by molar-refractivity contribution is -0.870. The Bertz CT molecular complexity index is 1670. The van der Waals surface area contributed by atoms with Crippen LogP contribution in [0.25, 0.3) is 0 Å². The maximum Gasteiger partial charge on any atom is 0.306 e. The Hall–Kier alpha value is -3.33. The Labute approximate surface area is 474 Å². The molecule has 0 aromatic carbocycles. The van der Waals surface area contributed by atoms with Gasteiger partial charge < -0.3 is 27.9 Å². The number of carbonyl (C=O) groups excluding carboxylic acids is 2. The van der Waals surface area contributed by atoms with E-state index in [1.54, 1.807) is 0 Å². The average molecular weight is 1090 g/mol. The summed E-state index contributed by atoms with van der Waals surface area (Å²) in [5.41, 5.74) is 0. The predicted molar refractivity (Wildman–Crippen MR) is 328 cm³/mol. The minimum absolute atomic E-state index is 0.0391. The highest BCUT2D eigenvalue weighted by Gasteiger charge is 2.22. The van der Waals surface area contributed by atoms with Crippen molar-refractivity contribution in [3.05, 3.63) is 109 Å². The van der Waals surface area contributed by atoms with Gasteiger partial charge in [0.1, 0.15) is 19.8 Å². The molecule has 0 amide bonds. The Morgan fingerprint density at radius 2 is 0.740 bits per heavy atom. The van der Waals surface area contributed by atoms with Crippen LogP contribution in [-0.2, 0) is 32.7 Å². The smallest absolute Gasteiger partial charge is 0.306 e. The predicted octanol–water partition coefficient (Wildman–Crippen LogP) is 19.1. The second-order valence-corrected chi connectivity index (χ2v) is 23.1. The Morgan fingerprint density at radius 3 is 1.10 bits per heavy atom. The first kappa shape index (κ1) is 73.7. The molecular weight excluding hydrogens is 978 g/mol. The molecule has 0 saturated heterocycles. The van der Waals surface area contributed by atoms with Crippen molar-refractivity contribution in [2.45, 2.75) is 258 Å². The molecule has 0 bridgehead atoms. The lowest BCUT2D eigenvalue weighted by Gasteiger charge is -2.28. The van der Waals surface area contributed by atoms with Crippen molar-refractivity contribution in [2.75, 3.05) is 47.5 Å². The van der Waals surface area contributed by atoms with Gasteiger partial charge in [-0.2, -0.15) is 0 Å². The number of phosphoric acid groups is 1. The molecule has 77 heavy (non-hydrogen) atoms. The number of hydrogen-bond acceptors (Lipinski definition) is 8. The van der Waals surface area contributed by atoms with Crippen molar-refractivity contribution in [1.82, 2.24) is 0 Å². The third-order valence-corrected chi connectivity index (χ3v) is 14.0. The highest BCUT2D eigenvalue weighted by molar-refractivity contribution is 7.45. The van der Waals surface area contributed by atoms with E-state index in [1.165, 1.54) is 109 Å². The number of ether oxygens (including phenoxy) is 2. The van der Waals surface area contributed by atoms with Gasteiger partial charge >= 0.3 is 11.9 Å². The van der Waals surface area contributed by atoms with E-state index in [-0.39, 0.29) is 32.0 Å². The zero-order chi connectivity index (χ0) is 56.3. The molecule has 0 aromatic heterocycles. The van der Waals surface area contributed by atoms with Gasteiger partial charge in [0.2, 0.25) is 0 Å². The summed E-state index contributed by atoms with van der Waals surface area (Å²) in [4.78, 5) is 37.9. The van der Waals surface area contributed by atoms with Gasteiger partial charge in [0.05, 0.1) is 27.7 Å². The van der Waals surface area contributed by atoms with Gasteiger partial charge in [-0.05, 0) is 83.5 Å². The summed E-state index contributed by atoms with van der Waals surface area (Å²) >= 11 is 0. The number of hydrogen-bond donors (Lipinski definition) is 0. The van der Waals surface area contributed by atoms with Crippen LogP contribution < -0.4 is 4.89 Å². The molecule has 0 aromatic rings.